The molecule has 0 unspecified atom stereocenters. The van der Waals surface area contributed by atoms with Gasteiger partial charge >= 0.3 is 6.18 Å². The van der Waals surface area contributed by atoms with Crippen molar-refractivity contribution in [3.8, 4) is 11.8 Å². The Morgan fingerprint density at radius 1 is 1.29 bits per heavy atom. The van der Waals surface area contributed by atoms with E-state index in [1.165, 1.54) is 25.1 Å². The number of benzene rings is 1. The van der Waals surface area contributed by atoms with Crippen LogP contribution in [0.15, 0.2) is 41.1 Å². The summed E-state index contributed by atoms with van der Waals surface area (Å²) in [6.45, 7) is 4.77. The molecular weight excluding hydrogens is 491 g/mol. The number of nitrogens with one attached hydrogen (secondary N) is 1. The maximum absolute atomic E-state index is 13.1. The third-order valence-corrected chi connectivity index (χ3v) is 7.10. The summed E-state index contributed by atoms with van der Waals surface area (Å²) in [5, 5.41) is 11.3. The van der Waals surface area contributed by atoms with Crippen LogP contribution >= 0.6 is 11.5 Å². The molecule has 34 heavy (non-hydrogen) atoms. The molecule has 1 amide bonds. The molecule has 0 aliphatic rings. The molecule has 0 aliphatic heterocycles. The highest BCUT2D eigenvalue weighted by atomic mass is 32.2. The minimum atomic E-state index is -4.50. The highest BCUT2D eigenvalue weighted by Gasteiger charge is 2.30. The van der Waals surface area contributed by atoms with E-state index in [-0.39, 0.29) is 22.1 Å². The lowest BCUT2D eigenvalue weighted by atomic mass is 10.1. The van der Waals surface area contributed by atoms with Gasteiger partial charge in [-0.05, 0) is 49.8 Å². The van der Waals surface area contributed by atoms with E-state index in [9.17, 15) is 31.6 Å². The summed E-state index contributed by atoms with van der Waals surface area (Å²) in [5.74, 6) is -1.04. The molecule has 2 aromatic heterocycles. The molecule has 3 aromatic rings. The molecular formula is C21H18F3N5O3S2. The number of aryl methyl sites for hydroxylation is 1. The first-order chi connectivity index (χ1) is 15.9. The van der Waals surface area contributed by atoms with Crippen molar-refractivity contribution < 1.29 is 26.4 Å². The Bertz CT molecular complexity index is 1430. The van der Waals surface area contributed by atoms with Crippen LogP contribution in [0.3, 0.4) is 0 Å². The van der Waals surface area contributed by atoms with Crippen molar-refractivity contribution in [3.05, 3.63) is 58.4 Å². The quantitative estimate of drug-likeness (QED) is 0.391. The van der Waals surface area contributed by atoms with Crippen molar-refractivity contribution in [1.82, 2.24) is 13.9 Å². The van der Waals surface area contributed by atoms with Crippen LogP contribution in [0.1, 0.15) is 29.4 Å². The number of halogens is 3. The molecule has 8 nitrogen and oxygen atoms in total. The van der Waals surface area contributed by atoms with E-state index in [1.807, 2.05) is 0 Å². The van der Waals surface area contributed by atoms with Crippen LogP contribution in [0.5, 0.6) is 0 Å². The number of amides is 1. The normalized spacial score (nSPS) is 12.4. The highest BCUT2D eigenvalue weighted by Crippen LogP contribution is 2.32. The Morgan fingerprint density at radius 2 is 2.00 bits per heavy atom. The molecule has 0 fully saturated rings. The van der Waals surface area contributed by atoms with E-state index in [0.29, 0.717) is 28.5 Å². The number of rotatable bonds is 6. The molecule has 1 N–H and O–H groups in total. The Morgan fingerprint density at radius 3 is 2.62 bits per heavy atom. The van der Waals surface area contributed by atoms with Crippen LogP contribution in [0.4, 0.5) is 18.3 Å². The number of hydrogen-bond acceptors (Lipinski definition) is 7. The van der Waals surface area contributed by atoms with Gasteiger partial charge < -0.3 is 4.57 Å². The second kappa shape index (κ2) is 9.40. The largest absolute Gasteiger partial charge is 0.416 e. The van der Waals surface area contributed by atoms with Gasteiger partial charge in [0.05, 0.1) is 11.3 Å². The Hall–Kier alpha value is -3.50. The maximum atomic E-state index is 13.1. The Kier molecular flexibility index (Phi) is 6.94. The molecule has 0 bridgehead atoms. The van der Waals surface area contributed by atoms with Crippen molar-refractivity contribution in [1.29, 1.82) is 5.26 Å². The summed E-state index contributed by atoms with van der Waals surface area (Å²) >= 11 is 0.660. The van der Waals surface area contributed by atoms with Gasteiger partial charge in [-0.25, -0.2) is 8.42 Å². The number of hydrogen-bond donors (Lipinski definition) is 1. The van der Waals surface area contributed by atoms with Crippen LogP contribution < -0.4 is 5.32 Å². The van der Waals surface area contributed by atoms with Crippen LogP contribution in [-0.4, -0.2) is 34.0 Å². The summed E-state index contributed by atoms with van der Waals surface area (Å²) in [7, 11) is -3.65. The smallest absolute Gasteiger partial charge is 0.318 e. The summed E-state index contributed by atoms with van der Waals surface area (Å²) < 4.78 is 68.3. The second-order valence-corrected chi connectivity index (χ2v) is 10.0. The number of aromatic nitrogens is 3. The number of nitrogens with zero attached hydrogens (tertiary/aromatic N) is 4. The zero-order chi connectivity index (χ0) is 25.3. The number of anilines is 1. The van der Waals surface area contributed by atoms with E-state index in [1.54, 1.807) is 30.6 Å². The van der Waals surface area contributed by atoms with Crippen molar-refractivity contribution in [2.45, 2.75) is 32.1 Å². The van der Waals surface area contributed by atoms with E-state index in [2.05, 4.69) is 14.7 Å². The summed E-state index contributed by atoms with van der Waals surface area (Å²) in [6.07, 6.45) is -3.20. The maximum Gasteiger partial charge on any atom is 0.416 e. The molecule has 0 atom stereocenters. The van der Waals surface area contributed by atoms with E-state index in [0.717, 1.165) is 12.1 Å². The molecule has 0 spiro atoms. The van der Waals surface area contributed by atoms with Crippen molar-refractivity contribution in [3.63, 3.8) is 0 Å². The van der Waals surface area contributed by atoms with Crippen molar-refractivity contribution in [2.75, 3.05) is 11.1 Å². The standard InChI is InChI=1S/C21H18F3N5O3S2/c1-4-34(31,32)20-27-19(33-28-20)26-18(30)15(11-25)9-14-8-12(2)29(13(14)3)17-7-5-6-16(10-17)21(22,23)24/h5-10H,4H2,1-3H3,(H,26,27,28,30). The molecule has 178 valence electrons. The summed E-state index contributed by atoms with van der Waals surface area (Å²) in [4.78, 5) is 16.3. The van der Waals surface area contributed by atoms with Gasteiger partial charge in [0.2, 0.25) is 15.0 Å². The van der Waals surface area contributed by atoms with Gasteiger partial charge in [0.15, 0.2) is 0 Å². The van der Waals surface area contributed by atoms with Crippen molar-refractivity contribution >= 4 is 38.5 Å². The molecule has 0 aliphatic carbocycles. The number of carbonyl (C=O) groups excluding carboxylic acids is 1. The molecule has 0 saturated carbocycles. The van der Waals surface area contributed by atoms with E-state index < -0.39 is 32.6 Å². The van der Waals surface area contributed by atoms with Gasteiger partial charge in [-0.15, -0.1) is 0 Å². The van der Waals surface area contributed by atoms with Gasteiger partial charge in [-0.2, -0.15) is 27.8 Å². The zero-order valence-corrected chi connectivity index (χ0v) is 19.8. The van der Waals surface area contributed by atoms with Crippen LogP contribution in [-0.2, 0) is 20.8 Å². The van der Waals surface area contributed by atoms with Gasteiger partial charge in [-0.3, -0.25) is 10.1 Å². The minimum Gasteiger partial charge on any atom is -0.318 e. The van der Waals surface area contributed by atoms with E-state index in [4.69, 9.17) is 0 Å². The first-order valence-corrected chi connectivity index (χ1v) is 12.2. The summed E-state index contributed by atoms with van der Waals surface area (Å²) in [6, 6.07) is 8.23. The highest BCUT2D eigenvalue weighted by molar-refractivity contribution is 7.91. The van der Waals surface area contributed by atoms with Gasteiger partial charge in [0.1, 0.15) is 11.6 Å². The number of carbonyl (C=O) groups is 1. The van der Waals surface area contributed by atoms with E-state index >= 15 is 0 Å². The fraction of sp³-hybridized carbons (Fsp3) is 0.238. The predicted molar refractivity (Wildman–Crippen MR) is 120 cm³/mol. The summed E-state index contributed by atoms with van der Waals surface area (Å²) in [5.41, 5.74) is 0.746. The van der Waals surface area contributed by atoms with Crippen LogP contribution in [0.25, 0.3) is 11.8 Å². The number of alkyl halides is 3. The van der Waals surface area contributed by atoms with Gasteiger partial charge in [0.25, 0.3) is 11.1 Å². The first-order valence-electron chi connectivity index (χ1n) is 9.73. The van der Waals surface area contributed by atoms with Crippen LogP contribution in [0, 0.1) is 25.2 Å². The third-order valence-electron chi connectivity index (χ3n) is 4.85. The number of sulfone groups is 1. The van der Waals surface area contributed by atoms with Crippen LogP contribution in [0.2, 0.25) is 0 Å². The zero-order valence-electron chi connectivity index (χ0n) is 18.1. The first kappa shape index (κ1) is 25.1. The molecule has 0 radical (unpaired) electrons. The van der Waals surface area contributed by atoms with Gasteiger partial charge in [-0.1, -0.05) is 13.0 Å². The Balaban J connectivity index is 1.92. The van der Waals surface area contributed by atoms with Gasteiger partial charge in [0, 0.05) is 28.6 Å². The second-order valence-electron chi connectivity index (χ2n) is 7.12. The average molecular weight is 510 g/mol. The topological polar surface area (TPSA) is 118 Å². The SMILES string of the molecule is CCS(=O)(=O)c1nsc(NC(=O)C(C#N)=Cc2cc(C)n(-c3cccc(C(F)(F)F)c3)c2C)n1. The monoisotopic (exact) mass is 509 g/mol. The fourth-order valence-electron chi connectivity index (χ4n) is 3.14. The molecule has 13 heteroatoms. The third kappa shape index (κ3) is 5.18. The fourth-order valence-corrected chi connectivity index (χ4v) is 4.72. The molecule has 3 rings (SSSR count). The number of nitriles is 1. The lowest BCUT2D eigenvalue weighted by molar-refractivity contribution is -0.137. The Labute approximate surface area is 197 Å². The lowest BCUT2D eigenvalue weighted by Gasteiger charge is -2.13. The molecule has 0 saturated heterocycles. The van der Waals surface area contributed by atoms with Crippen molar-refractivity contribution in [2.24, 2.45) is 0 Å². The minimum absolute atomic E-state index is 0.0902. The predicted octanol–water partition coefficient (Wildman–Crippen LogP) is 4.30. The molecule has 1 aromatic carbocycles. The average Bonchev–Trinajstić information content (AvgIpc) is 3.35. The molecule has 2 heterocycles. The lowest BCUT2D eigenvalue weighted by Crippen LogP contribution is -2.14.